The third kappa shape index (κ3) is 7.41. The molecule has 0 fully saturated rings. The van der Waals surface area contributed by atoms with Crippen LogP contribution in [0.5, 0.6) is 0 Å². The van der Waals surface area contributed by atoms with E-state index < -0.39 is 18.3 Å². The number of amides is 2. The average Bonchev–Trinajstić information content (AvgIpc) is 2.58. The molecule has 0 aliphatic carbocycles. The molecule has 8 nitrogen and oxygen atoms in total. The highest BCUT2D eigenvalue weighted by Gasteiger charge is 2.19. The molecule has 0 radical (unpaired) electrons. The van der Waals surface area contributed by atoms with Crippen LogP contribution < -0.4 is 10.6 Å². The number of aromatic nitrogens is 2. The van der Waals surface area contributed by atoms with Crippen molar-refractivity contribution in [2.75, 3.05) is 10.6 Å². The Hall–Kier alpha value is -3.14. The van der Waals surface area contributed by atoms with Crippen molar-refractivity contribution in [1.82, 2.24) is 9.97 Å². The first-order valence-electron chi connectivity index (χ1n) is 8.66. The van der Waals surface area contributed by atoms with E-state index in [0.29, 0.717) is 22.5 Å². The molecular weight excluding hydrogens is 386 g/mol. The van der Waals surface area contributed by atoms with Crippen molar-refractivity contribution in [3.8, 4) is 11.3 Å². The van der Waals surface area contributed by atoms with Crippen LogP contribution in [0.15, 0.2) is 30.6 Å². The smallest absolute Gasteiger partial charge is 0.412 e. The molecule has 2 aromatic heterocycles. The van der Waals surface area contributed by atoms with E-state index in [2.05, 4.69) is 25.3 Å². The minimum Gasteiger partial charge on any atom is -0.444 e. The SMILES string of the molecule is CC(=O)Nc1cc(NC(=O)OC(C)(C)C)c(-c2ccc(COC(F)F)cn2)cn1. The van der Waals surface area contributed by atoms with Crippen LogP contribution in [0.1, 0.15) is 33.3 Å². The fourth-order valence-corrected chi connectivity index (χ4v) is 2.25. The molecule has 2 heterocycles. The number of rotatable bonds is 6. The van der Waals surface area contributed by atoms with Crippen molar-refractivity contribution in [2.24, 2.45) is 0 Å². The number of pyridine rings is 2. The van der Waals surface area contributed by atoms with E-state index in [1.807, 2.05) is 0 Å². The Morgan fingerprint density at radius 3 is 2.41 bits per heavy atom. The summed E-state index contributed by atoms with van der Waals surface area (Å²) in [6, 6.07) is 4.62. The number of nitrogens with zero attached hydrogens (tertiary/aromatic N) is 2. The van der Waals surface area contributed by atoms with Gasteiger partial charge in [0.2, 0.25) is 5.91 Å². The molecular formula is C19H22F2N4O4. The van der Waals surface area contributed by atoms with Crippen LogP contribution in [0.3, 0.4) is 0 Å². The monoisotopic (exact) mass is 408 g/mol. The third-order valence-corrected chi connectivity index (χ3v) is 3.32. The normalized spacial score (nSPS) is 11.3. The van der Waals surface area contributed by atoms with E-state index in [1.54, 1.807) is 32.9 Å². The molecule has 0 unspecified atom stereocenters. The maximum atomic E-state index is 12.2. The summed E-state index contributed by atoms with van der Waals surface area (Å²) in [5, 5.41) is 5.15. The van der Waals surface area contributed by atoms with E-state index in [4.69, 9.17) is 4.74 Å². The quantitative estimate of drug-likeness (QED) is 0.743. The second-order valence-corrected chi connectivity index (χ2v) is 7.05. The number of anilines is 2. The van der Waals surface area contributed by atoms with Gasteiger partial charge in [-0.05, 0) is 32.4 Å². The van der Waals surface area contributed by atoms with E-state index in [9.17, 15) is 18.4 Å². The van der Waals surface area contributed by atoms with Crippen LogP contribution in [-0.2, 0) is 20.9 Å². The number of ether oxygens (including phenoxy) is 2. The molecule has 0 aliphatic heterocycles. The van der Waals surface area contributed by atoms with Gasteiger partial charge >= 0.3 is 12.7 Å². The number of nitrogens with one attached hydrogen (secondary N) is 2. The van der Waals surface area contributed by atoms with Crippen LogP contribution in [0.2, 0.25) is 0 Å². The Kier molecular flexibility index (Phi) is 7.16. The molecule has 156 valence electrons. The zero-order valence-corrected chi connectivity index (χ0v) is 16.5. The molecule has 29 heavy (non-hydrogen) atoms. The number of hydrogen-bond acceptors (Lipinski definition) is 6. The molecule has 0 atom stereocenters. The summed E-state index contributed by atoms with van der Waals surface area (Å²) in [5.41, 5.74) is 0.938. The number of carbonyl (C=O) groups excluding carboxylic acids is 2. The number of alkyl halides is 2. The van der Waals surface area contributed by atoms with Crippen molar-refractivity contribution in [1.29, 1.82) is 0 Å². The van der Waals surface area contributed by atoms with Crippen molar-refractivity contribution >= 4 is 23.5 Å². The van der Waals surface area contributed by atoms with E-state index in [0.717, 1.165) is 0 Å². The Morgan fingerprint density at radius 1 is 1.14 bits per heavy atom. The predicted octanol–water partition coefficient (Wildman–Crippen LogP) is 4.19. The molecule has 2 rings (SSSR count). The van der Waals surface area contributed by atoms with Gasteiger partial charge in [0.15, 0.2) is 0 Å². The summed E-state index contributed by atoms with van der Waals surface area (Å²) in [7, 11) is 0. The van der Waals surface area contributed by atoms with Crippen LogP contribution in [0.25, 0.3) is 11.3 Å². The average molecular weight is 408 g/mol. The maximum Gasteiger partial charge on any atom is 0.412 e. The summed E-state index contributed by atoms with van der Waals surface area (Å²) >= 11 is 0. The van der Waals surface area contributed by atoms with Gasteiger partial charge in [-0.15, -0.1) is 0 Å². The van der Waals surface area contributed by atoms with E-state index >= 15 is 0 Å². The standard InChI is InChI=1S/C19H22F2N4O4/c1-11(26)24-16-7-15(25-18(27)29-19(2,3)4)13(9-23-16)14-6-5-12(8-22-14)10-28-17(20)21/h5-9,17H,10H2,1-4H3,(H2,23,24,25,26,27). The van der Waals surface area contributed by atoms with Crippen LogP contribution in [-0.4, -0.2) is 34.2 Å². The van der Waals surface area contributed by atoms with Gasteiger partial charge in [-0.1, -0.05) is 6.07 Å². The van der Waals surface area contributed by atoms with Crippen LogP contribution in [0.4, 0.5) is 25.1 Å². The fourth-order valence-electron chi connectivity index (χ4n) is 2.25. The molecule has 2 amide bonds. The minimum absolute atomic E-state index is 0.231. The number of carbonyl (C=O) groups is 2. The third-order valence-electron chi connectivity index (χ3n) is 3.32. The summed E-state index contributed by atoms with van der Waals surface area (Å²) in [5.74, 6) is -0.0933. The van der Waals surface area contributed by atoms with Crippen molar-refractivity contribution in [2.45, 2.75) is 46.5 Å². The lowest BCUT2D eigenvalue weighted by Crippen LogP contribution is -2.27. The molecule has 0 aliphatic rings. The Bertz CT molecular complexity index is 868. The molecule has 2 aromatic rings. The molecule has 0 spiro atoms. The second kappa shape index (κ2) is 9.37. The number of halogens is 2. The first-order valence-corrected chi connectivity index (χ1v) is 8.66. The lowest BCUT2D eigenvalue weighted by molar-refractivity contribution is -0.137. The van der Waals surface area contributed by atoms with Crippen molar-refractivity contribution in [3.05, 3.63) is 36.2 Å². The lowest BCUT2D eigenvalue weighted by atomic mass is 10.1. The highest BCUT2D eigenvalue weighted by atomic mass is 19.3. The summed E-state index contributed by atoms with van der Waals surface area (Å²) in [6.45, 7) is 3.36. The lowest BCUT2D eigenvalue weighted by Gasteiger charge is -2.20. The molecule has 2 N–H and O–H groups in total. The van der Waals surface area contributed by atoms with E-state index in [1.165, 1.54) is 25.4 Å². The van der Waals surface area contributed by atoms with Crippen LogP contribution in [0, 0.1) is 0 Å². The minimum atomic E-state index is -2.87. The van der Waals surface area contributed by atoms with Gasteiger partial charge in [-0.25, -0.2) is 9.78 Å². The summed E-state index contributed by atoms with van der Waals surface area (Å²) < 4.78 is 33.8. The van der Waals surface area contributed by atoms with Crippen LogP contribution >= 0.6 is 0 Å². The molecule has 0 bridgehead atoms. The first kappa shape index (κ1) is 22.2. The Labute approximate surface area is 166 Å². The topological polar surface area (TPSA) is 102 Å². The molecule has 10 heteroatoms. The van der Waals surface area contributed by atoms with Gasteiger partial charge < -0.3 is 14.8 Å². The van der Waals surface area contributed by atoms with Gasteiger partial charge in [-0.2, -0.15) is 8.78 Å². The Balaban J connectivity index is 2.31. The van der Waals surface area contributed by atoms with Crippen molar-refractivity contribution in [3.63, 3.8) is 0 Å². The summed E-state index contributed by atoms with van der Waals surface area (Å²) in [6.07, 6.45) is 2.12. The predicted molar refractivity (Wildman–Crippen MR) is 102 cm³/mol. The highest BCUT2D eigenvalue weighted by molar-refractivity contribution is 5.94. The zero-order chi connectivity index (χ0) is 21.6. The second-order valence-electron chi connectivity index (χ2n) is 7.05. The highest BCUT2D eigenvalue weighted by Crippen LogP contribution is 2.29. The van der Waals surface area contributed by atoms with Gasteiger partial charge in [0, 0.05) is 30.9 Å². The van der Waals surface area contributed by atoms with Crippen molar-refractivity contribution < 1.29 is 27.8 Å². The molecule has 0 aromatic carbocycles. The first-order chi connectivity index (χ1) is 13.5. The maximum absolute atomic E-state index is 12.2. The fraction of sp³-hybridized carbons (Fsp3) is 0.368. The molecule has 0 saturated carbocycles. The molecule has 0 saturated heterocycles. The largest absolute Gasteiger partial charge is 0.444 e. The van der Waals surface area contributed by atoms with Gasteiger partial charge in [0.1, 0.15) is 11.4 Å². The number of hydrogen-bond donors (Lipinski definition) is 2. The zero-order valence-electron chi connectivity index (χ0n) is 16.5. The Morgan fingerprint density at radius 2 is 1.86 bits per heavy atom. The summed E-state index contributed by atoms with van der Waals surface area (Å²) in [4.78, 5) is 31.8. The van der Waals surface area contributed by atoms with E-state index in [-0.39, 0.29) is 18.3 Å². The van der Waals surface area contributed by atoms with Gasteiger partial charge in [-0.3, -0.25) is 15.1 Å². The van der Waals surface area contributed by atoms with Gasteiger partial charge in [0.25, 0.3) is 0 Å². The van der Waals surface area contributed by atoms with Gasteiger partial charge in [0.05, 0.1) is 18.0 Å².